The van der Waals surface area contributed by atoms with Gasteiger partial charge in [0.2, 0.25) is 5.75 Å². The van der Waals surface area contributed by atoms with Crippen LogP contribution in [0.4, 0.5) is 4.39 Å². The van der Waals surface area contributed by atoms with Crippen LogP contribution in [0.5, 0.6) is 17.2 Å². The second-order valence-corrected chi connectivity index (χ2v) is 7.37. The van der Waals surface area contributed by atoms with Gasteiger partial charge in [-0.05, 0) is 42.0 Å². The topological polar surface area (TPSA) is 109 Å². The van der Waals surface area contributed by atoms with E-state index in [1.165, 1.54) is 33.5 Å². The molecule has 8 nitrogen and oxygen atoms in total. The minimum atomic E-state index is -0.545. The summed E-state index contributed by atoms with van der Waals surface area (Å²) in [5, 5.41) is 2.65. The molecule has 4 rings (SSSR count). The van der Waals surface area contributed by atoms with Crippen LogP contribution in [0.2, 0.25) is 0 Å². The Kier molecular flexibility index (Phi) is 6.65. The number of pyridine rings is 1. The maximum atomic E-state index is 14.4. The lowest BCUT2D eigenvalue weighted by atomic mass is 10.0. The largest absolute Gasteiger partial charge is 0.493 e. The third-order valence-corrected chi connectivity index (χ3v) is 5.26. The van der Waals surface area contributed by atoms with Crippen LogP contribution in [-0.4, -0.2) is 45.3 Å². The van der Waals surface area contributed by atoms with Gasteiger partial charge in [-0.1, -0.05) is 0 Å². The molecule has 2 aromatic heterocycles. The molecule has 0 bridgehead atoms. The summed E-state index contributed by atoms with van der Waals surface area (Å²) in [4.78, 5) is 16.7. The van der Waals surface area contributed by atoms with Crippen molar-refractivity contribution in [3.63, 3.8) is 0 Å². The second-order valence-electron chi connectivity index (χ2n) is 7.37. The summed E-state index contributed by atoms with van der Waals surface area (Å²) < 4.78 is 36.8. The summed E-state index contributed by atoms with van der Waals surface area (Å²) in [6.07, 6.45) is 1.60. The number of carbonyl (C=O) groups excluding carboxylic acids is 1. The van der Waals surface area contributed by atoms with Crippen LogP contribution in [0.15, 0.2) is 53.1 Å². The molecule has 9 heteroatoms. The van der Waals surface area contributed by atoms with Gasteiger partial charge in [0.15, 0.2) is 17.1 Å². The van der Waals surface area contributed by atoms with Gasteiger partial charge in [-0.3, -0.25) is 9.78 Å². The number of nitrogens with zero attached hydrogens (tertiary/aromatic N) is 1. The van der Waals surface area contributed by atoms with Gasteiger partial charge < -0.3 is 29.7 Å². The Balaban J connectivity index is 1.82. The van der Waals surface area contributed by atoms with E-state index < -0.39 is 11.7 Å². The number of aromatic nitrogens is 1. The lowest BCUT2D eigenvalue weighted by Crippen LogP contribution is -2.29. The first kappa shape index (κ1) is 23.1. The zero-order chi connectivity index (χ0) is 24.2. The average Bonchev–Trinajstić information content (AvgIpc) is 3.30. The van der Waals surface area contributed by atoms with Crippen LogP contribution in [0.1, 0.15) is 10.4 Å². The number of amides is 1. The zero-order valence-electron chi connectivity index (χ0n) is 19.0. The van der Waals surface area contributed by atoms with E-state index in [1.807, 2.05) is 0 Å². The summed E-state index contributed by atoms with van der Waals surface area (Å²) in [6, 6.07) is 11.1. The summed E-state index contributed by atoms with van der Waals surface area (Å²) in [6.45, 7) is 0.579. The Bertz CT molecular complexity index is 1330. The van der Waals surface area contributed by atoms with Gasteiger partial charge in [0.1, 0.15) is 17.1 Å². The predicted octanol–water partition coefficient (Wildman–Crippen LogP) is 4.02. The number of hydrogen-bond acceptors (Lipinski definition) is 7. The number of rotatable bonds is 8. The van der Waals surface area contributed by atoms with Crippen LogP contribution in [0.3, 0.4) is 0 Å². The van der Waals surface area contributed by atoms with E-state index in [9.17, 15) is 9.18 Å². The lowest BCUT2D eigenvalue weighted by Gasteiger charge is -2.13. The highest BCUT2D eigenvalue weighted by Crippen LogP contribution is 2.42. The van der Waals surface area contributed by atoms with Gasteiger partial charge in [0, 0.05) is 42.0 Å². The fourth-order valence-corrected chi connectivity index (χ4v) is 3.69. The van der Waals surface area contributed by atoms with Gasteiger partial charge >= 0.3 is 0 Å². The van der Waals surface area contributed by atoms with Crippen molar-refractivity contribution < 1.29 is 27.8 Å². The summed E-state index contributed by atoms with van der Waals surface area (Å²) in [7, 11) is 4.59. The van der Waals surface area contributed by atoms with Crippen LogP contribution in [0, 0.1) is 5.82 Å². The van der Waals surface area contributed by atoms with Crippen molar-refractivity contribution in [1.29, 1.82) is 0 Å². The third-order valence-electron chi connectivity index (χ3n) is 5.26. The Morgan fingerprint density at radius 2 is 1.76 bits per heavy atom. The maximum Gasteiger partial charge on any atom is 0.251 e. The first-order valence-electron chi connectivity index (χ1n) is 10.5. The average molecular weight is 465 g/mol. The molecule has 0 unspecified atom stereocenters. The van der Waals surface area contributed by atoms with Crippen molar-refractivity contribution in [2.45, 2.75) is 0 Å². The number of hydrogen-bond donors (Lipinski definition) is 2. The van der Waals surface area contributed by atoms with Crippen LogP contribution >= 0.6 is 0 Å². The van der Waals surface area contributed by atoms with Crippen molar-refractivity contribution in [3.8, 4) is 39.7 Å². The molecule has 2 aromatic carbocycles. The first-order chi connectivity index (χ1) is 16.5. The number of ether oxygens (including phenoxy) is 3. The second kappa shape index (κ2) is 9.80. The molecular formula is C25H24FN3O5. The normalized spacial score (nSPS) is 10.9. The number of methoxy groups -OCH3 is 3. The fraction of sp³-hybridized carbons (Fsp3) is 0.200. The molecule has 176 valence electrons. The van der Waals surface area contributed by atoms with Crippen LogP contribution < -0.4 is 25.3 Å². The molecule has 0 aliphatic heterocycles. The van der Waals surface area contributed by atoms with Gasteiger partial charge in [0.05, 0.1) is 21.3 Å². The molecule has 0 fully saturated rings. The van der Waals surface area contributed by atoms with E-state index in [-0.39, 0.29) is 12.1 Å². The number of nitrogens with one attached hydrogen (secondary N) is 1. The van der Waals surface area contributed by atoms with Crippen molar-refractivity contribution in [2.24, 2.45) is 5.73 Å². The minimum absolute atomic E-state index is 0.185. The number of benzene rings is 2. The smallest absolute Gasteiger partial charge is 0.251 e. The molecular weight excluding hydrogens is 441 g/mol. The highest BCUT2D eigenvalue weighted by molar-refractivity contribution is 5.98. The molecule has 4 aromatic rings. The lowest BCUT2D eigenvalue weighted by molar-refractivity contribution is 0.0954. The Morgan fingerprint density at radius 3 is 2.41 bits per heavy atom. The monoisotopic (exact) mass is 465 g/mol. The molecule has 0 aliphatic rings. The van der Waals surface area contributed by atoms with E-state index in [2.05, 4.69) is 10.3 Å². The van der Waals surface area contributed by atoms with Gasteiger partial charge in [-0.25, -0.2) is 4.39 Å². The molecule has 3 N–H and O–H groups in total. The van der Waals surface area contributed by atoms with E-state index in [1.54, 1.807) is 36.5 Å². The summed E-state index contributed by atoms with van der Waals surface area (Å²) >= 11 is 0. The van der Waals surface area contributed by atoms with Crippen LogP contribution in [0.25, 0.3) is 33.6 Å². The van der Waals surface area contributed by atoms with Gasteiger partial charge in [0.25, 0.3) is 5.91 Å². The van der Waals surface area contributed by atoms with Crippen molar-refractivity contribution in [1.82, 2.24) is 10.3 Å². The number of carbonyl (C=O) groups is 1. The number of nitrogens with two attached hydrogens (primary N) is 1. The van der Waals surface area contributed by atoms with E-state index in [0.717, 1.165) is 0 Å². The molecule has 0 spiro atoms. The van der Waals surface area contributed by atoms with E-state index >= 15 is 0 Å². The minimum Gasteiger partial charge on any atom is -0.493 e. The molecule has 0 radical (unpaired) electrons. The first-order valence-corrected chi connectivity index (χ1v) is 10.5. The van der Waals surface area contributed by atoms with Crippen LogP contribution in [-0.2, 0) is 0 Å². The van der Waals surface area contributed by atoms with E-state index in [4.69, 9.17) is 24.4 Å². The van der Waals surface area contributed by atoms with Crippen molar-refractivity contribution >= 4 is 17.0 Å². The Labute approximate surface area is 195 Å². The van der Waals surface area contributed by atoms with Gasteiger partial charge in [-0.2, -0.15) is 0 Å². The fourth-order valence-electron chi connectivity index (χ4n) is 3.69. The highest BCUT2D eigenvalue weighted by Gasteiger charge is 2.19. The maximum absolute atomic E-state index is 14.4. The van der Waals surface area contributed by atoms with Crippen molar-refractivity contribution in [3.05, 3.63) is 60.0 Å². The Morgan fingerprint density at radius 1 is 1.03 bits per heavy atom. The predicted molar refractivity (Wildman–Crippen MR) is 126 cm³/mol. The summed E-state index contributed by atoms with van der Waals surface area (Å²) in [5.41, 5.74) is 8.40. The number of halogens is 1. The van der Waals surface area contributed by atoms with Crippen molar-refractivity contribution in [2.75, 3.05) is 34.4 Å². The molecule has 0 aliphatic carbocycles. The number of furan rings is 1. The molecule has 2 heterocycles. The zero-order valence-corrected chi connectivity index (χ0v) is 19.0. The number of fused-ring (bicyclic) bond motifs is 1. The molecule has 0 atom stereocenters. The third kappa shape index (κ3) is 4.38. The van der Waals surface area contributed by atoms with E-state index in [0.29, 0.717) is 57.3 Å². The molecule has 1 amide bonds. The molecule has 0 saturated heterocycles. The standard InChI is InChI=1S/C25H24FN3O5/c1-31-21-11-15(12-22(32-2)24(21)33-3)20-13-19-23(34-20)18(4-6-28-19)14-8-16(10-17(26)9-14)25(30)29-7-5-27/h4,6,8-13H,5,7,27H2,1-3H3,(H,29,30). The Hall–Kier alpha value is -4.11. The highest BCUT2D eigenvalue weighted by atomic mass is 19.1. The SMILES string of the molecule is COc1cc(-c2cc3nccc(-c4cc(F)cc(C(=O)NCCN)c4)c3o2)cc(OC)c1OC. The molecule has 0 saturated carbocycles. The summed E-state index contributed by atoms with van der Waals surface area (Å²) in [5.74, 6) is 0.966. The quantitative estimate of drug-likeness (QED) is 0.405. The van der Waals surface area contributed by atoms with Gasteiger partial charge in [-0.15, -0.1) is 0 Å². The molecule has 34 heavy (non-hydrogen) atoms.